The number of carbonyl (C=O) groups excluding carboxylic acids is 1. The Balaban J connectivity index is 1.17. The largest absolute Gasteiger partial charge is 0.481 e. The van der Waals surface area contributed by atoms with Gasteiger partial charge in [-0.15, -0.1) is 0 Å². The van der Waals surface area contributed by atoms with Crippen molar-refractivity contribution in [3.63, 3.8) is 0 Å². The summed E-state index contributed by atoms with van der Waals surface area (Å²) in [6, 6.07) is 0. The summed E-state index contributed by atoms with van der Waals surface area (Å²) in [5, 5.41) is 83.0. The van der Waals surface area contributed by atoms with Gasteiger partial charge in [-0.3, -0.25) is 9.59 Å². The number of aliphatic carboxylic acids is 3. The third kappa shape index (κ3) is 6.25. The van der Waals surface area contributed by atoms with Crippen LogP contribution in [-0.4, -0.2) is 132 Å². The first-order valence-electron chi connectivity index (χ1n) is 20.7. The van der Waals surface area contributed by atoms with Gasteiger partial charge >= 0.3 is 17.9 Å². The highest BCUT2D eigenvalue weighted by molar-refractivity contribution is 5.95. The van der Waals surface area contributed by atoms with Crippen LogP contribution in [0.2, 0.25) is 0 Å². The molecule has 2 saturated heterocycles. The van der Waals surface area contributed by atoms with Gasteiger partial charge in [0.15, 0.2) is 30.6 Å². The van der Waals surface area contributed by atoms with Crippen LogP contribution in [0, 0.1) is 50.2 Å². The van der Waals surface area contributed by atoms with Crippen molar-refractivity contribution in [1.29, 1.82) is 0 Å². The molecule has 0 aromatic heterocycles. The van der Waals surface area contributed by atoms with Gasteiger partial charge in [-0.2, -0.15) is 0 Å². The van der Waals surface area contributed by atoms with E-state index in [4.69, 9.17) is 18.9 Å². The van der Waals surface area contributed by atoms with Crippen molar-refractivity contribution in [2.24, 2.45) is 50.2 Å². The second-order valence-electron chi connectivity index (χ2n) is 20.6. The van der Waals surface area contributed by atoms with E-state index in [-0.39, 0.29) is 34.4 Å². The van der Waals surface area contributed by atoms with Gasteiger partial charge in [0.2, 0.25) is 0 Å². The van der Waals surface area contributed by atoms with Gasteiger partial charge in [0.25, 0.3) is 0 Å². The summed E-state index contributed by atoms with van der Waals surface area (Å²) in [5.41, 5.74) is -1.81. The number of ketones is 1. The van der Waals surface area contributed by atoms with Crippen molar-refractivity contribution in [2.75, 3.05) is 0 Å². The van der Waals surface area contributed by atoms with Crippen LogP contribution >= 0.6 is 0 Å². The maximum absolute atomic E-state index is 14.8. The van der Waals surface area contributed by atoms with Gasteiger partial charge in [-0.05, 0) is 110 Å². The molecule has 7 aliphatic rings. The SMILES string of the molecule is CC1(C)C2CC[C@]3(C)[C@H](C(=O)C=C4[C@@H]5C[C@@](C)(C(=O)O)CC[C@]5(C)CC[C@]43C)[C@@]2(C)CC[C@@H]1O[C@H]1O[C@H](C(=O)O)[C@@H](O)[C@H](O)[C@H]1OC1O[C@H](C(=O)O)[C@@H](O)[C@H](O)[C@H]1O. The number of allylic oxidation sites excluding steroid dienone is 2. The number of fused-ring (bicyclic) bond motifs is 7. The maximum Gasteiger partial charge on any atom is 0.335 e. The van der Waals surface area contributed by atoms with Crippen LogP contribution in [0.5, 0.6) is 0 Å². The average molecular weight is 823 g/mol. The molecule has 16 nitrogen and oxygen atoms in total. The number of carbonyl (C=O) groups is 4. The Morgan fingerprint density at radius 3 is 1.88 bits per heavy atom. The molecule has 8 N–H and O–H groups in total. The highest BCUT2D eigenvalue weighted by Crippen LogP contribution is 2.75. The molecule has 2 heterocycles. The fraction of sp³-hybridized carbons (Fsp3) is 0.857. The molecule has 4 saturated carbocycles. The zero-order valence-corrected chi connectivity index (χ0v) is 34.4. The van der Waals surface area contributed by atoms with E-state index in [0.29, 0.717) is 25.7 Å². The monoisotopic (exact) mass is 822 g/mol. The normalized spacial score (nSPS) is 52.6. The standard InChI is InChI=1S/C42H62O16/c1-37(2)21-8-11-42(7)31(20(43)16-18-19-17-39(4,36(53)54)13-12-38(19,3)14-15-41(18,42)6)40(21,5)10-9-22(37)55-35-30(26(47)25(46)29(57-35)33(51)52)58-34-27(48)23(44)24(45)28(56-34)32(49)50/h16,19,21-31,34-35,44-48H,8-15,17H2,1-7H3,(H,49,50)(H,51,52)(H,53,54)/t19-,21?,22-,23-,24-,25-,26-,27+,28-,29-,30+,31+,34?,35-,38+,39-,40-,41+,42+/m0/s1. The van der Waals surface area contributed by atoms with Crippen molar-refractivity contribution in [1.82, 2.24) is 0 Å². The molecule has 0 aromatic rings. The predicted octanol–water partition coefficient (Wildman–Crippen LogP) is 2.25. The highest BCUT2D eigenvalue weighted by Gasteiger charge is 2.71. The predicted molar refractivity (Wildman–Crippen MR) is 199 cm³/mol. The number of hydrogen-bond acceptors (Lipinski definition) is 13. The Kier molecular flexibility index (Phi) is 10.7. The summed E-state index contributed by atoms with van der Waals surface area (Å²) in [6.07, 6.45) is -12.2. The Labute approximate surface area is 337 Å². The van der Waals surface area contributed by atoms with Gasteiger partial charge in [0, 0.05) is 5.92 Å². The minimum absolute atomic E-state index is 0.0217. The van der Waals surface area contributed by atoms with Crippen molar-refractivity contribution < 1.29 is 79.0 Å². The van der Waals surface area contributed by atoms with E-state index >= 15 is 0 Å². The number of aliphatic hydroxyl groups excluding tert-OH is 5. The van der Waals surface area contributed by atoms with E-state index in [0.717, 1.165) is 37.7 Å². The zero-order chi connectivity index (χ0) is 42.9. The van der Waals surface area contributed by atoms with Gasteiger partial charge in [0.1, 0.15) is 36.6 Å². The van der Waals surface area contributed by atoms with Crippen LogP contribution in [0.3, 0.4) is 0 Å². The Bertz CT molecular complexity index is 1730. The number of rotatable bonds is 7. The molecule has 0 aromatic carbocycles. The maximum atomic E-state index is 14.8. The van der Waals surface area contributed by atoms with Gasteiger partial charge < -0.3 is 59.8 Å². The summed E-state index contributed by atoms with van der Waals surface area (Å²) in [5.74, 6) is -4.47. The molecule has 5 aliphatic carbocycles. The van der Waals surface area contributed by atoms with E-state index in [2.05, 4.69) is 27.7 Å². The molecular weight excluding hydrogens is 760 g/mol. The van der Waals surface area contributed by atoms with Crippen LogP contribution in [0.15, 0.2) is 11.6 Å². The van der Waals surface area contributed by atoms with Crippen LogP contribution < -0.4 is 0 Å². The van der Waals surface area contributed by atoms with E-state index in [1.54, 1.807) is 0 Å². The van der Waals surface area contributed by atoms with Crippen molar-refractivity contribution in [3.05, 3.63) is 11.6 Å². The second-order valence-corrected chi connectivity index (χ2v) is 20.6. The molecule has 326 valence electrons. The van der Waals surface area contributed by atoms with E-state index < -0.39 is 107 Å². The lowest BCUT2D eigenvalue weighted by molar-refractivity contribution is -0.371. The Hall–Kier alpha value is -2.54. The minimum atomic E-state index is -2.05. The first-order valence-corrected chi connectivity index (χ1v) is 20.7. The molecule has 0 spiro atoms. The lowest BCUT2D eigenvalue weighted by Crippen LogP contribution is -2.68. The van der Waals surface area contributed by atoms with Gasteiger partial charge in [-0.1, -0.05) is 47.1 Å². The van der Waals surface area contributed by atoms with Crippen LogP contribution in [0.25, 0.3) is 0 Å². The zero-order valence-electron chi connectivity index (χ0n) is 34.4. The molecule has 7 rings (SSSR count). The van der Waals surface area contributed by atoms with E-state index in [1.165, 1.54) is 0 Å². The van der Waals surface area contributed by atoms with Crippen LogP contribution in [-0.2, 0) is 38.1 Å². The molecule has 19 atom stereocenters. The number of carboxylic acid groups (broad SMARTS) is 3. The summed E-state index contributed by atoms with van der Waals surface area (Å²) in [7, 11) is 0. The second kappa shape index (κ2) is 14.3. The molecule has 2 unspecified atom stereocenters. The summed E-state index contributed by atoms with van der Waals surface area (Å²) in [6.45, 7) is 14.8. The number of aliphatic hydroxyl groups is 5. The van der Waals surface area contributed by atoms with Gasteiger partial charge in [0.05, 0.1) is 11.5 Å². The third-order valence-electron chi connectivity index (χ3n) is 17.2. The summed E-state index contributed by atoms with van der Waals surface area (Å²) < 4.78 is 23.4. The van der Waals surface area contributed by atoms with Crippen molar-refractivity contribution in [3.8, 4) is 0 Å². The molecular formula is C42H62O16. The average Bonchev–Trinajstić information content (AvgIpc) is 3.13. The van der Waals surface area contributed by atoms with Gasteiger partial charge in [-0.25, -0.2) is 9.59 Å². The molecule has 58 heavy (non-hydrogen) atoms. The molecule has 16 heteroatoms. The highest BCUT2D eigenvalue weighted by atomic mass is 16.8. The molecule has 2 aliphatic heterocycles. The lowest BCUT2D eigenvalue weighted by Gasteiger charge is -2.70. The topological polar surface area (TPSA) is 267 Å². The molecule has 0 radical (unpaired) electrons. The number of hydrogen-bond donors (Lipinski definition) is 8. The van der Waals surface area contributed by atoms with Crippen LogP contribution in [0.4, 0.5) is 0 Å². The smallest absolute Gasteiger partial charge is 0.335 e. The number of carboxylic acids is 3. The molecule has 0 amide bonds. The molecule has 6 fully saturated rings. The fourth-order valence-electron chi connectivity index (χ4n) is 13.4. The first kappa shape index (κ1) is 43.5. The quantitative estimate of drug-likeness (QED) is 0.171. The Morgan fingerprint density at radius 2 is 1.28 bits per heavy atom. The van der Waals surface area contributed by atoms with E-state index in [9.17, 15) is 60.0 Å². The third-order valence-corrected chi connectivity index (χ3v) is 17.2. The minimum Gasteiger partial charge on any atom is -0.481 e. The number of ether oxygens (including phenoxy) is 4. The Morgan fingerprint density at radius 1 is 0.690 bits per heavy atom. The first-order chi connectivity index (χ1) is 26.8. The fourth-order valence-corrected chi connectivity index (χ4v) is 13.4. The molecule has 0 bridgehead atoms. The van der Waals surface area contributed by atoms with Crippen LogP contribution in [0.1, 0.15) is 106 Å². The van der Waals surface area contributed by atoms with Crippen molar-refractivity contribution in [2.45, 2.75) is 174 Å². The summed E-state index contributed by atoms with van der Waals surface area (Å²) >= 11 is 0. The summed E-state index contributed by atoms with van der Waals surface area (Å²) in [4.78, 5) is 51.3. The lowest BCUT2D eigenvalue weighted by atomic mass is 9.33. The van der Waals surface area contributed by atoms with E-state index in [1.807, 2.05) is 26.8 Å². The van der Waals surface area contributed by atoms with Crippen molar-refractivity contribution >= 4 is 23.7 Å².